The van der Waals surface area contributed by atoms with Crippen LogP contribution in [0.3, 0.4) is 0 Å². The second-order valence-electron chi connectivity index (χ2n) is 8.34. The zero-order valence-corrected chi connectivity index (χ0v) is 18.4. The van der Waals surface area contributed by atoms with Gasteiger partial charge >= 0.3 is 0 Å². The van der Waals surface area contributed by atoms with E-state index in [9.17, 15) is 9.90 Å². The summed E-state index contributed by atoms with van der Waals surface area (Å²) in [4.78, 5) is 17.4. The molecule has 0 saturated carbocycles. The van der Waals surface area contributed by atoms with E-state index in [2.05, 4.69) is 15.4 Å². The van der Waals surface area contributed by atoms with E-state index in [1.807, 2.05) is 25.1 Å². The normalized spacial score (nSPS) is 14.8. The minimum Gasteiger partial charge on any atom is -0.496 e. The fourth-order valence-electron chi connectivity index (χ4n) is 3.94. The number of amides is 1. The number of aliphatic hydroxyl groups excluding tert-OH is 1. The molecule has 0 radical (unpaired) electrons. The molecule has 10 nitrogen and oxygen atoms in total. The van der Waals surface area contributed by atoms with Gasteiger partial charge in [0.25, 0.3) is 5.91 Å². The molecule has 3 aromatic heterocycles. The number of aliphatic hydroxyl groups is 1. The minimum atomic E-state index is -0.381. The predicted molar refractivity (Wildman–Crippen MR) is 120 cm³/mol. The lowest BCUT2D eigenvalue weighted by molar-refractivity contribution is -0.146. The quantitative estimate of drug-likeness (QED) is 0.445. The van der Waals surface area contributed by atoms with Gasteiger partial charge in [0.15, 0.2) is 5.65 Å². The van der Waals surface area contributed by atoms with Gasteiger partial charge in [-0.3, -0.25) is 9.48 Å². The molecule has 10 heteroatoms. The Kier molecular flexibility index (Phi) is 5.31. The first-order valence-corrected chi connectivity index (χ1v) is 10.5. The second-order valence-corrected chi connectivity index (χ2v) is 8.34. The van der Waals surface area contributed by atoms with E-state index in [4.69, 9.17) is 14.6 Å². The number of benzene rings is 1. The lowest BCUT2D eigenvalue weighted by Crippen LogP contribution is -2.48. The topological polar surface area (TPSA) is 116 Å². The maximum Gasteiger partial charge on any atom is 0.261 e. The SMILES string of the molecule is COc1ccc(C)cc1-c1nn(CC2(CO)COC2)cc1NC(=O)c1cnn2cccnc12. The molecule has 1 aromatic carbocycles. The first-order chi connectivity index (χ1) is 16.0. The van der Waals surface area contributed by atoms with Crippen LogP contribution in [0.15, 0.2) is 49.1 Å². The Labute approximate surface area is 189 Å². The Bertz CT molecular complexity index is 1320. The fraction of sp³-hybridized carbons (Fsp3) is 0.304. The molecule has 1 saturated heterocycles. The summed E-state index contributed by atoms with van der Waals surface area (Å²) in [6.07, 6.45) is 6.60. The second kappa shape index (κ2) is 8.30. The van der Waals surface area contributed by atoms with Crippen LogP contribution in [-0.2, 0) is 11.3 Å². The molecule has 0 bridgehead atoms. The Balaban J connectivity index is 1.55. The number of hydrogen-bond donors (Lipinski definition) is 2. The monoisotopic (exact) mass is 448 g/mol. The number of anilines is 1. The van der Waals surface area contributed by atoms with Gasteiger partial charge in [0.1, 0.15) is 17.0 Å². The molecule has 5 rings (SSSR count). The van der Waals surface area contributed by atoms with Crippen LogP contribution in [0.5, 0.6) is 5.75 Å². The number of ether oxygens (including phenoxy) is 2. The number of nitrogens with one attached hydrogen (secondary N) is 1. The van der Waals surface area contributed by atoms with E-state index in [0.29, 0.717) is 48.1 Å². The van der Waals surface area contributed by atoms with Crippen molar-refractivity contribution in [3.05, 3.63) is 60.2 Å². The number of hydrogen-bond acceptors (Lipinski definition) is 7. The average Bonchev–Trinajstić information content (AvgIpc) is 3.40. The molecule has 1 amide bonds. The van der Waals surface area contributed by atoms with Crippen LogP contribution in [0.2, 0.25) is 0 Å². The minimum absolute atomic E-state index is 0.00822. The maximum absolute atomic E-state index is 13.2. The van der Waals surface area contributed by atoms with Crippen molar-refractivity contribution in [3.63, 3.8) is 0 Å². The third-order valence-electron chi connectivity index (χ3n) is 5.79. The Hall–Kier alpha value is -3.76. The molecule has 0 spiro atoms. The number of aryl methyl sites for hydroxylation is 1. The molecule has 4 aromatic rings. The summed E-state index contributed by atoms with van der Waals surface area (Å²) in [5, 5.41) is 21.8. The number of nitrogens with zero attached hydrogens (tertiary/aromatic N) is 5. The van der Waals surface area contributed by atoms with Crippen molar-refractivity contribution in [1.82, 2.24) is 24.4 Å². The number of rotatable bonds is 7. The van der Waals surface area contributed by atoms with Crippen molar-refractivity contribution in [2.45, 2.75) is 13.5 Å². The van der Waals surface area contributed by atoms with Crippen LogP contribution in [0, 0.1) is 12.3 Å². The van der Waals surface area contributed by atoms with Gasteiger partial charge in [0.05, 0.1) is 50.8 Å². The molecule has 0 unspecified atom stereocenters. The molecule has 170 valence electrons. The molecule has 1 aliphatic heterocycles. The van der Waals surface area contributed by atoms with Gasteiger partial charge < -0.3 is 19.9 Å². The third kappa shape index (κ3) is 3.83. The Morgan fingerprint density at radius 1 is 1.36 bits per heavy atom. The van der Waals surface area contributed by atoms with Crippen LogP contribution in [0.1, 0.15) is 15.9 Å². The van der Waals surface area contributed by atoms with Crippen molar-refractivity contribution >= 4 is 17.2 Å². The van der Waals surface area contributed by atoms with E-state index in [1.54, 1.807) is 41.0 Å². The van der Waals surface area contributed by atoms with E-state index in [1.165, 1.54) is 6.20 Å². The van der Waals surface area contributed by atoms with E-state index >= 15 is 0 Å². The van der Waals surface area contributed by atoms with Gasteiger partial charge in [-0.05, 0) is 25.1 Å². The highest BCUT2D eigenvalue weighted by Gasteiger charge is 2.39. The summed E-state index contributed by atoms with van der Waals surface area (Å²) in [6, 6.07) is 7.54. The van der Waals surface area contributed by atoms with Crippen LogP contribution in [0.25, 0.3) is 16.9 Å². The van der Waals surface area contributed by atoms with Crippen LogP contribution < -0.4 is 10.1 Å². The average molecular weight is 448 g/mol. The van der Waals surface area contributed by atoms with Crippen LogP contribution >= 0.6 is 0 Å². The summed E-state index contributed by atoms with van der Waals surface area (Å²) in [6.45, 7) is 3.35. The van der Waals surface area contributed by atoms with Gasteiger partial charge in [-0.1, -0.05) is 11.6 Å². The van der Waals surface area contributed by atoms with Crippen molar-refractivity contribution in [2.75, 3.05) is 32.2 Å². The van der Waals surface area contributed by atoms with Gasteiger partial charge in [-0.2, -0.15) is 10.2 Å². The lowest BCUT2D eigenvalue weighted by Gasteiger charge is -2.39. The number of carbonyl (C=O) groups excluding carboxylic acids is 1. The summed E-state index contributed by atoms with van der Waals surface area (Å²) >= 11 is 0. The Morgan fingerprint density at radius 3 is 2.94 bits per heavy atom. The van der Waals surface area contributed by atoms with Crippen molar-refractivity contribution in [1.29, 1.82) is 0 Å². The van der Waals surface area contributed by atoms with Crippen molar-refractivity contribution in [3.8, 4) is 17.0 Å². The molecule has 1 fully saturated rings. The summed E-state index contributed by atoms with van der Waals surface area (Å²) < 4.78 is 14.2. The number of carbonyl (C=O) groups is 1. The van der Waals surface area contributed by atoms with Gasteiger partial charge in [-0.25, -0.2) is 9.50 Å². The Morgan fingerprint density at radius 2 is 2.21 bits per heavy atom. The van der Waals surface area contributed by atoms with Gasteiger partial charge in [-0.15, -0.1) is 0 Å². The smallest absolute Gasteiger partial charge is 0.261 e. The molecule has 1 aliphatic rings. The number of aromatic nitrogens is 5. The highest BCUT2D eigenvalue weighted by atomic mass is 16.5. The van der Waals surface area contributed by atoms with Crippen LogP contribution in [-0.4, -0.2) is 62.3 Å². The van der Waals surface area contributed by atoms with Crippen LogP contribution in [0.4, 0.5) is 5.69 Å². The van der Waals surface area contributed by atoms with Crippen molar-refractivity contribution < 1.29 is 19.4 Å². The number of fused-ring (bicyclic) bond motifs is 1. The predicted octanol–water partition coefficient (Wildman–Crippen LogP) is 2.17. The van der Waals surface area contributed by atoms with E-state index in [-0.39, 0.29) is 17.9 Å². The standard InChI is InChI=1S/C23H24N6O4/c1-15-4-5-19(32-2)16(8-15)20-18(10-28(27-20)11-23(12-30)13-33-14-23)26-22(31)17-9-25-29-7-3-6-24-21(17)29/h3-10,30H,11-14H2,1-2H3,(H,26,31). The summed E-state index contributed by atoms with van der Waals surface area (Å²) in [5.41, 5.74) is 3.31. The zero-order chi connectivity index (χ0) is 23.0. The van der Waals surface area contributed by atoms with E-state index in [0.717, 1.165) is 11.1 Å². The molecule has 0 aliphatic carbocycles. The maximum atomic E-state index is 13.2. The molecular formula is C23H24N6O4. The molecular weight excluding hydrogens is 424 g/mol. The molecule has 33 heavy (non-hydrogen) atoms. The lowest BCUT2D eigenvalue weighted by atomic mass is 9.87. The molecule has 2 N–H and O–H groups in total. The largest absolute Gasteiger partial charge is 0.496 e. The fourth-order valence-corrected chi connectivity index (χ4v) is 3.94. The molecule has 0 atom stereocenters. The molecule has 4 heterocycles. The summed E-state index contributed by atoms with van der Waals surface area (Å²) in [7, 11) is 1.60. The zero-order valence-electron chi connectivity index (χ0n) is 18.4. The number of methoxy groups -OCH3 is 1. The summed E-state index contributed by atoms with van der Waals surface area (Å²) in [5.74, 6) is 0.294. The van der Waals surface area contributed by atoms with Crippen molar-refractivity contribution in [2.24, 2.45) is 5.41 Å². The van der Waals surface area contributed by atoms with Gasteiger partial charge in [0, 0.05) is 24.2 Å². The van der Waals surface area contributed by atoms with E-state index < -0.39 is 0 Å². The first kappa shape index (κ1) is 21.1. The highest BCUT2D eigenvalue weighted by Crippen LogP contribution is 2.36. The van der Waals surface area contributed by atoms with Gasteiger partial charge in [0.2, 0.25) is 0 Å². The highest BCUT2D eigenvalue weighted by molar-refractivity contribution is 6.09. The first-order valence-electron chi connectivity index (χ1n) is 10.5. The third-order valence-corrected chi connectivity index (χ3v) is 5.79.